The van der Waals surface area contributed by atoms with Crippen molar-refractivity contribution in [3.63, 3.8) is 0 Å². The van der Waals surface area contributed by atoms with Crippen molar-refractivity contribution >= 4 is 11.4 Å². The van der Waals surface area contributed by atoms with Crippen molar-refractivity contribution in [1.82, 2.24) is 0 Å². The summed E-state index contributed by atoms with van der Waals surface area (Å²) in [6, 6.07) is 16.4. The molecule has 0 aliphatic carbocycles. The van der Waals surface area contributed by atoms with Gasteiger partial charge in [0.1, 0.15) is 5.75 Å². The van der Waals surface area contributed by atoms with Gasteiger partial charge in [0, 0.05) is 30.8 Å². The Bertz CT molecular complexity index is 648. The lowest BCUT2D eigenvalue weighted by Crippen LogP contribution is -2.44. The predicted molar refractivity (Wildman–Crippen MR) is 101 cm³/mol. The summed E-state index contributed by atoms with van der Waals surface area (Å²) in [6.45, 7) is 7.07. The Morgan fingerprint density at radius 3 is 2.24 bits per heavy atom. The second-order valence-electron chi connectivity index (χ2n) is 6.82. The van der Waals surface area contributed by atoms with Gasteiger partial charge in [0.2, 0.25) is 0 Å². The fourth-order valence-electron chi connectivity index (χ4n) is 2.64. The van der Waals surface area contributed by atoms with Gasteiger partial charge >= 0.3 is 0 Å². The van der Waals surface area contributed by atoms with Gasteiger partial charge in [-0.25, -0.2) is 0 Å². The molecule has 0 aromatic heterocycles. The molecule has 0 radical (unpaired) electrons. The molecule has 4 heteroatoms. The lowest BCUT2D eigenvalue weighted by Gasteiger charge is -2.38. The maximum Gasteiger partial charge on any atom is 0.119 e. The molecule has 2 aromatic carbocycles. The summed E-state index contributed by atoms with van der Waals surface area (Å²) in [5.74, 6) is 0.878. The Kier molecular flexibility index (Phi) is 5.95. The summed E-state index contributed by atoms with van der Waals surface area (Å²) in [7, 11) is 0. The highest BCUT2D eigenvalue weighted by Gasteiger charge is 2.33. The molecule has 1 fully saturated rings. The molecule has 1 heterocycles. The predicted octanol–water partition coefficient (Wildman–Crippen LogP) is 4.70. The maximum absolute atomic E-state index is 5.76. The smallest absolute Gasteiger partial charge is 0.119 e. The largest absolute Gasteiger partial charge is 0.494 e. The first-order valence-corrected chi connectivity index (χ1v) is 8.91. The molecule has 3 rings (SSSR count). The Hall–Kier alpha value is -2.04. The molecule has 25 heavy (non-hydrogen) atoms. The quantitative estimate of drug-likeness (QED) is 0.671. The molecule has 2 aromatic rings. The van der Waals surface area contributed by atoms with Gasteiger partial charge in [-0.2, -0.15) is 0 Å². The maximum atomic E-state index is 5.76. The highest BCUT2D eigenvalue weighted by Crippen LogP contribution is 2.25. The molecule has 0 spiro atoms. The van der Waals surface area contributed by atoms with Crippen molar-refractivity contribution in [3.05, 3.63) is 54.1 Å². The van der Waals surface area contributed by atoms with Gasteiger partial charge in [-0.3, -0.25) is 0 Å². The molecule has 1 aliphatic heterocycles. The Morgan fingerprint density at radius 2 is 1.64 bits per heavy atom. The minimum absolute atomic E-state index is 0.0544. The molecule has 1 saturated heterocycles. The molecular weight excluding hydrogens is 314 g/mol. The van der Waals surface area contributed by atoms with Gasteiger partial charge < -0.3 is 19.5 Å². The molecule has 4 nitrogen and oxygen atoms in total. The molecule has 134 valence electrons. The summed E-state index contributed by atoms with van der Waals surface area (Å²) in [5, 5.41) is 3.38. The molecule has 0 saturated carbocycles. The van der Waals surface area contributed by atoms with E-state index in [9.17, 15) is 0 Å². The van der Waals surface area contributed by atoms with Crippen LogP contribution in [0.3, 0.4) is 0 Å². The topological polar surface area (TPSA) is 39.7 Å². The van der Waals surface area contributed by atoms with Crippen molar-refractivity contribution in [1.29, 1.82) is 0 Å². The van der Waals surface area contributed by atoms with E-state index in [-0.39, 0.29) is 5.60 Å². The first-order chi connectivity index (χ1) is 12.1. The van der Waals surface area contributed by atoms with Crippen LogP contribution >= 0.6 is 0 Å². The zero-order chi connectivity index (χ0) is 17.5. The Balaban J connectivity index is 1.34. The average molecular weight is 341 g/mol. The van der Waals surface area contributed by atoms with E-state index in [0.29, 0.717) is 19.8 Å². The summed E-state index contributed by atoms with van der Waals surface area (Å²) in [4.78, 5) is 0. The number of ether oxygens (including phenoxy) is 3. The van der Waals surface area contributed by atoms with Crippen molar-refractivity contribution in [3.8, 4) is 5.75 Å². The van der Waals surface area contributed by atoms with Crippen LogP contribution in [0.25, 0.3) is 0 Å². The van der Waals surface area contributed by atoms with Crippen molar-refractivity contribution in [2.24, 2.45) is 0 Å². The lowest BCUT2D eigenvalue weighted by molar-refractivity contribution is -0.169. The lowest BCUT2D eigenvalue weighted by atomic mass is 9.99. The zero-order valence-electron chi connectivity index (χ0n) is 15.1. The highest BCUT2D eigenvalue weighted by molar-refractivity contribution is 5.60. The number of hydrogen-bond donors (Lipinski definition) is 1. The number of benzene rings is 2. The third kappa shape index (κ3) is 5.48. The summed E-state index contributed by atoms with van der Waals surface area (Å²) < 4.78 is 16.9. The van der Waals surface area contributed by atoms with Crippen molar-refractivity contribution < 1.29 is 14.2 Å². The van der Waals surface area contributed by atoms with Crippen LogP contribution in [-0.4, -0.2) is 32.0 Å². The fourth-order valence-corrected chi connectivity index (χ4v) is 2.64. The fraction of sp³-hybridized carbons (Fsp3) is 0.429. The Morgan fingerprint density at radius 1 is 1.00 bits per heavy atom. The van der Waals surface area contributed by atoms with Gasteiger partial charge in [0.15, 0.2) is 0 Å². The van der Waals surface area contributed by atoms with Gasteiger partial charge in [-0.05, 0) is 50.2 Å². The van der Waals surface area contributed by atoms with Gasteiger partial charge in [-0.15, -0.1) is 0 Å². The minimum atomic E-state index is -0.0544. The van der Waals surface area contributed by atoms with Gasteiger partial charge in [0.05, 0.1) is 25.4 Å². The Labute approximate surface area is 150 Å². The third-order valence-corrected chi connectivity index (χ3v) is 4.39. The molecule has 0 amide bonds. The van der Waals surface area contributed by atoms with E-state index in [1.54, 1.807) is 0 Å². The van der Waals surface area contributed by atoms with Crippen LogP contribution in [0.5, 0.6) is 5.75 Å². The molecule has 1 N–H and O–H groups in total. The SMILES string of the molecule is Cc1ccc(Nc2ccc(OCCCOCC3(C)CCO3)cc2)cc1. The minimum Gasteiger partial charge on any atom is -0.494 e. The zero-order valence-corrected chi connectivity index (χ0v) is 15.1. The standard InChI is InChI=1S/C21H27NO3/c1-17-4-6-18(7-5-17)22-19-8-10-20(11-9-19)24-14-3-13-23-16-21(2)12-15-25-21/h4-11,22H,3,12-16H2,1-2H3. The van der Waals surface area contributed by atoms with Gasteiger partial charge in [-0.1, -0.05) is 17.7 Å². The van der Waals surface area contributed by atoms with E-state index in [1.807, 2.05) is 24.3 Å². The second kappa shape index (κ2) is 8.37. The molecule has 1 atom stereocenters. The number of hydrogen-bond acceptors (Lipinski definition) is 4. The van der Waals surface area contributed by atoms with Crippen LogP contribution in [0.2, 0.25) is 0 Å². The van der Waals surface area contributed by atoms with Crippen LogP contribution in [0.1, 0.15) is 25.3 Å². The van der Waals surface area contributed by atoms with Gasteiger partial charge in [0.25, 0.3) is 0 Å². The number of aryl methyl sites for hydroxylation is 1. The molecular formula is C21H27NO3. The normalized spacial score (nSPS) is 19.3. The van der Waals surface area contributed by atoms with Crippen LogP contribution < -0.4 is 10.1 Å². The van der Waals surface area contributed by atoms with E-state index < -0.39 is 0 Å². The number of anilines is 2. The van der Waals surface area contributed by atoms with Crippen LogP contribution in [0, 0.1) is 6.92 Å². The van der Waals surface area contributed by atoms with Crippen molar-refractivity contribution in [2.45, 2.75) is 32.3 Å². The van der Waals surface area contributed by atoms with E-state index in [4.69, 9.17) is 14.2 Å². The summed E-state index contributed by atoms with van der Waals surface area (Å²) >= 11 is 0. The highest BCUT2D eigenvalue weighted by atomic mass is 16.6. The average Bonchev–Trinajstić information content (AvgIpc) is 2.60. The van der Waals surface area contributed by atoms with Crippen LogP contribution in [-0.2, 0) is 9.47 Å². The van der Waals surface area contributed by atoms with E-state index in [0.717, 1.165) is 36.6 Å². The van der Waals surface area contributed by atoms with Crippen LogP contribution in [0.4, 0.5) is 11.4 Å². The summed E-state index contributed by atoms with van der Waals surface area (Å²) in [6.07, 6.45) is 1.96. The second-order valence-corrected chi connectivity index (χ2v) is 6.82. The van der Waals surface area contributed by atoms with Crippen LogP contribution in [0.15, 0.2) is 48.5 Å². The van der Waals surface area contributed by atoms with E-state index in [1.165, 1.54) is 5.56 Å². The van der Waals surface area contributed by atoms with E-state index >= 15 is 0 Å². The first kappa shape index (κ1) is 17.8. The number of rotatable bonds is 9. The first-order valence-electron chi connectivity index (χ1n) is 8.91. The number of nitrogens with one attached hydrogen (secondary N) is 1. The molecule has 0 bridgehead atoms. The third-order valence-electron chi connectivity index (χ3n) is 4.39. The molecule has 1 aliphatic rings. The van der Waals surface area contributed by atoms with Crippen molar-refractivity contribution in [2.75, 3.05) is 31.7 Å². The van der Waals surface area contributed by atoms with E-state index in [2.05, 4.69) is 43.4 Å². The monoisotopic (exact) mass is 341 g/mol. The summed E-state index contributed by atoms with van der Waals surface area (Å²) in [5.41, 5.74) is 3.34. The molecule has 1 unspecified atom stereocenters.